The number of hydrogen-bond donors (Lipinski definition) is 0. The van der Waals surface area contributed by atoms with E-state index in [4.69, 9.17) is 9.40 Å². The predicted molar refractivity (Wildman–Crippen MR) is 114 cm³/mol. The molecule has 0 saturated carbocycles. The Morgan fingerprint density at radius 1 is 1.03 bits per heavy atom. The molecule has 31 heavy (non-hydrogen) atoms. The molecule has 0 saturated heterocycles. The summed E-state index contributed by atoms with van der Waals surface area (Å²) in [5.74, 6) is 2.28. The molecule has 4 aromatic rings. The first-order valence-electron chi connectivity index (χ1n) is 9.97. The van der Waals surface area contributed by atoms with Crippen LogP contribution in [0, 0.1) is 10.1 Å². The smallest absolute Gasteiger partial charge is 0.269 e. The Kier molecular flexibility index (Phi) is 4.97. The maximum absolute atomic E-state index is 10.8. The summed E-state index contributed by atoms with van der Waals surface area (Å²) < 4.78 is 5.99. The van der Waals surface area contributed by atoms with Crippen LogP contribution in [0.2, 0.25) is 0 Å². The molecule has 0 radical (unpaired) electrons. The summed E-state index contributed by atoms with van der Waals surface area (Å²) in [6, 6.07) is 14.1. The molecule has 0 fully saturated rings. The number of aromatic nitrogens is 3. The molecule has 0 spiro atoms. The molecule has 0 aliphatic carbocycles. The lowest BCUT2D eigenvalue weighted by molar-refractivity contribution is -0.384. The Bertz CT molecular complexity index is 1220. The molecule has 1 aliphatic heterocycles. The number of fused-ring (bicyclic) bond motifs is 1. The molecule has 1 aromatic carbocycles. The van der Waals surface area contributed by atoms with Crippen molar-refractivity contribution in [2.75, 3.05) is 6.54 Å². The lowest BCUT2D eigenvalue weighted by Gasteiger charge is -2.27. The Labute approximate surface area is 178 Å². The van der Waals surface area contributed by atoms with Gasteiger partial charge in [-0.05, 0) is 36.4 Å². The van der Waals surface area contributed by atoms with Crippen LogP contribution in [-0.2, 0) is 19.5 Å². The first kappa shape index (κ1) is 19.1. The van der Waals surface area contributed by atoms with Crippen molar-refractivity contribution in [1.82, 2.24) is 19.9 Å². The molecule has 8 heteroatoms. The summed E-state index contributed by atoms with van der Waals surface area (Å²) in [6.45, 7) is 2.32. The molecule has 0 atom stereocenters. The van der Waals surface area contributed by atoms with Crippen LogP contribution in [0.5, 0.6) is 0 Å². The third-order valence-corrected chi connectivity index (χ3v) is 5.36. The third-order valence-electron chi connectivity index (χ3n) is 5.36. The van der Waals surface area contributed by atoms with E-state index in [1.54, 1.807) is 24.5 Å². The van der Waals surface area contributed by atoms with Gasteiger partial charge in [0.15, 0.2) is 5.82 Å². The van der Waals surface area contributed by atoms with E-state index in [1.165, 1.54) is 12.1 Å². The molecule has 1 aliphatic rings. The highest BCUT2D eigenvalue weighted by Crippen LogP contribution is 2.27. The van der Waals surface area contributed by atoms with Gasteiger partial charge in [0.2, 0.25) is 0 Å². The van der Waals surface area contributed by atoms with Gasteiger partial charge >= 0.3 is 0 Å². The fourth-order valence-electron chi connectivity index (χ4n) is 3.74. The minimum atomic E-state index is -0.407. The highest BCUT2D eigenvalue weighted by atomic mass is 16.6. The summed E-state index contributed by atoms with van der Waals surface area (Å²) in [7, 11) is 0. The Hall–Kier alpha value is -3.91. The van der Waals surface area contributed by atoms with Gasteiger partial charge in [0.1, 0.15) is 11.5 Å². The molecule has 0 amide bonds. The normalized spacial score (nSPS) is 13.7. The van der Waals surface area contributed by atoms with Gasteiger partial charge in [-0.1, -0.05) is 0 Å². The third kappa shape index (κ3) is 4.06. The second-order valence-electron chi connectivity index (χ2n) is 7.43. The van der Waals surface area contributed by atoms with Gasteiger partial charge in [0.05, 0.1) is 17.2 Å². The maximum Gasteiger partial charge on any atom is 0.269 e. The molecular weight excluding hydrogens is 394 g/mol. The van der Waals surface area contributed by atoms with Crippen molar-refractivity contribution in [3.8, 4) is 22.7 Å². The van der Waals surface area contributed by atoms with Gasteiger partial charge in [-0.15, -0.1) is 0 Å². The van der Waals surface area contributed by atoms with Gasteiger partial charge in [0.25, 0.3) is 5.69 Å². The van der Waals surface area contributed by atoms with Crippen molar-refractivity contribution in [3.05, 3.63) is 94.3 Å². The average Bonchev–Trinajstić information content (AvgIpc) is 3.28. The van der Waals surface area contributed by atoms with Crippen LogP contribution in [0.25, 0.3) is 22.7 Å². The van der Waals surface area contributed by atoms with Crippen LogP contribution in [0.15, 0.2) is 71.5 Å². The van der Waals surface area contributed by atoms with E-state index in [0.717, 1.165) is 53.5 Å². The van der Waals surface area contributed by atoms with Gasteiger partial charge in [0, 0.05) is 66.9 Å². The van der Waals surface area contributed by atoms with Crippen LogP contribution in [0.1, 0.15) is 17.0 Å². The van der Waals surface area contributed by atoms with Gasteiger partial charge in [-0.3, -0.25) is 20.0 Å². The van der Waals surface area contributed by atoms with Gasteiger partial charge < -0.3 is 4.42 Å². The SMILES string of the molecule is O=[N+]([O-])c1ccc(-c2ccc(CN3CCc4nc(-c5ccncc5)ncc4C3)o2)cc1. The summed E-state index contributed by atoms with van der Waals surface area (Å²) in [5, 5.41) is 10.8. The fraction of sp³-hybridized carbons (Fsp3) is 0.174. The molecule has 5 rings (SSSR count). The highest BCUT2D eigenvalue weighted by Gasteiger charge is 2.20. The van der Waals surface area contributed by atoms with Crippen molar-refractivity contribution < 1.29 is 9.34 Å². The Morgan fingerprint density at radius 3 is 2.61 bits per heavy atom. The lowest BCUT2D eigenvalue weighted by Crippen LogP contribution is -2.30. The predicted octanol–water partition coefficient (Wildman–Crippen LogP) is 4.27. The van der Waals surface area contributed by atoms with E-state index >= 15 is 0 Å². The first-order valence-corrected chi connectivity index (χ1v) is 9.97. The molecule has 154 valence electrons. The second kappa shape index (κ2) is 8.08. The largest absolute Gasteiger partial charge is 0.460 e. The van der Waals surface area contributed by atoms with Crippen LogP contribution >= 0.6 is 0 Å². The zero-order chi connectivity index (χ0) is 21.2. The van der Waals surface area contributed by atoms with E-state index in [9.17, 15) is 10.1 Å². The Balaban J connectivity index is 1.27. The summed E-state index contributed by atoms with van der Waals surface area (Å²) >= 11 is 0. The number of nitrogens with zero attached hydrogens (tertiary/aromatic N) is 5. The van der Waals surface area contributed by atoms with Crippen LogP contribution in [0.3, 0.4) is 0 Å². The number of hydrogen-bond acceptors (Lipinski definition) is 7. The van der Waals surface area contributed by atoms with E-state index in [-0.39, 0.29) is 5.69 Å². The summed E-state index contributed by atoms with van der Waals surface area (Å²) in [6.07, 6.45) is 6.25. The summed E-state index contributed by atoms with van der Waals surface area (Å²) in [4.78, 5) is 26.0. The van der Waals surface area contributed by atoms with Crippen molar-refractivity contribution in [2.24, 2.45) is 0 Å². The fourth-order valence-corrected chi connectivity index (χ4v) is 3.74. The van der Waals surface area contributed by atoms with Crippen LogP contribution in [-0.4, -0.2) is 31.3 Å². The zero-order valence-corrected chi connectivity index (χ0v) is 16.6. The van der Waals surface area contributed by atoms with Crippen molar-refractivity contribution in [3.63, 3.8) is 0 Å². The molecule has 0 N–H and O–H groups in total. The molecule has 4 heterocycles. The number of non-ortho nitro benzene ring substituents is 1. The topological polar surface area (TPSA) is 98.2 Å². The number of nitro benzene ring substituents is 1. The number of nitro groups is 1. The molecule has 0 unspecified atom stereocenters. The summed E-state index contributed by atoms with van der Waals surface area (Å²) in [5.41, 5.74) is 4.07. The van der Waals surface area contributed by atoms with Crippen molar-refractivity contribution in [2.45, 2.75) is 19.5 Å². The molecular formula is C23H19N5O3. The van der Waals surface area contributed by atoms with Crippen molar-refractivity contribution >= 4 is 5.69 Å². The molecule has 0 bridgehead atoms. The number of benzene rings is 1. The van der Waals surface area contributed by atoms with Gasteiger partial charge in [-0.25, -0.2) is 9.97 Å². The number of pyridine rings is 1. The quantitative estimate of drug-likeness (QED) is 0.356. The van der Waals surface area contributed by atoms with Crippen molar-refractivity contribution in [1.29, 1.82) is 0 Å². The molecule has 3 aromatic heterocycles. The van der Waals surface area contributed by atoms with E-state index in [1.807, 2.05) is 30.5 Å². The highest BCUT2D eigenvalue weighted by molar-refractivity contribution is 5.59. The van der Waals surface area contributed by atoms with Crippen LogP contribution in [0.4, 0.5) is 5.69 Å². The molecule has 8 nitrogen and oxygen atoms in total. The van der Waals surface area contributed by atoms with E-state index < -0.39 is 4.92 Å². The number of rotatable bonds is 5. The minimum absolute atomic E-state index is 0.0665. The first-order chi connectivity index (χ1) is 15.2. The maximum atomic E-state index is 10.8. The van der Waals surface area contributed by atoms with E-state index in [0.29, 0.717) is 12.3 Å². The van der Waals surface area contributed by atoms with Gasteiger partial charge in [-0.2, -0.15) is 0 Å². The minimum Gasteiger partial charge on any atom is -0.460 e. The van der Waals surface area contributed by atoms with Crippen LogP contribution < -0.4 is 0 Å². The second-order valence-corrected chi connectivity index (χ2v) is 7.43. The standard InChI is InChI=1S/C23H19N5O3/c29-28(30)19-3-1-16(2-4-19)22-6-5-20(31-22)15-27-12-9-21-18(14-27)13-25-23(26-21)17-7-10-24-11-8-17/h1-8,10-11,13H,9,12,14-15H2. The average molecular weight is 413 g/mol. The zero-order valence-electron chi connectivity index (χ0n) is 16.6. The monoisotopic (exact) mass is 413 g/mol. The number of furan rings is 1. The Morgan fingerprint density at radius 2 is 1.84 bits per heavy atom. The lowest BCUT2D eigenvalue weighted by atomic mass is 10.1. The van der Waals surface area contributed by atoms with E-state index in [2.05, 4.69) is 14.9 Å².